The van der Waals surface area contributed by atoms with Crippen LogP contribution in [0.3, 0.4) is 0 Å². The lowest BCUT2D eigenvalue weighted by Crippen LogP contribution is -2.39. The monoisotopic (exact) mass is 375 g/mol. The normalized spacial score (nSPS) is 13.7. The number of benzene rings is 2. The van der Waals surface area contributed by atoms with Gasteiger partial charge in [0, 0.05) is 6.26 Å². The van der Waals surface area contributed by atoms with Crippen LogP contribution in [0.25, 0.3) is 0 Å². The lowest BCUT2D eigenvalue weighted by molar-refractivity contribution is -0.128. The first-order chi connectivity index (χ1) is 12.2. The van der Waals surface area contributed by atoms with Gasteiger partial charge in [-0.25, -0.2) is 8.42 Å². The third-order valence-electron chi connectivity index (χ3n) is 4.10. The third-order valence-corrected chi connectivity index (χ3v) is 5.23. The van der Waals surface area contributed by atoms with E-state index in [2.05, 4.69) is 5.32 Å². The number of hydrogen-bond acceptors (Lipinski definition) is 4. The Kier molecular flexibility index (Phi) is 6.42. The molecule has 0 aliphatic heterocycles. The number of nitrogens with one attached hydrogen (secondary N) is 1. The first-order valence-corrected chi connectivity index (χ1v) is 10.4. The average molecular weight is 375 g/mol. The van der Waals surface area contributed by atoms with Crippen molar-refractivity contribution in [3.63, 3.8) is 0 Å². The van der Waals surface area contributed by atoms with Gasteiger partial charge in [0.2, 0.25) is 0 Å². The van der Waals surface area contributed by atoms with E-state index < -0.39 is 15.9 Å². The quantitative estimate of drug-likeness (QED) is 0.805. The molecule has 1 amide bonds. The Hall–Kier alpha value is -2.34. The van der Waals surface area contributed by atoms with Gasteiger partial charge in [0.25, 0.3) is 5.91 Å². The summed E-state index contributed by atoms with van der Waals surface area (Å²) in [7, 11) is -3.23. The Morgan fingerprint density at radius 3 is 2.35 bits per heavy atom. The molecule has 1 N–H and O–H groups in total. The van der Waals surface area contributed by atoms with E-state index in [0.29, 0.717) is 12.2 Å². The fourth-order valence-electron chi connectivity index (χ4n) is 2.57. The largest absolute Gasteiger partial charge is 0.481 e. The number of ether oxygens (including phenoxy) is 1. The van der Waals surface area contributed by atoms with Crippen molar-refractivity contribution >= 4 is 15.7 Å². The molecule has 140 valence electrons. The predicted molar refractivity (Wildman–Crippen MR) is 102 cm³/mol. The summed E-state index contributed by atoms with van der Waals surface area (Å²) in [6, 6.07) is 13.8. The molecule has 0 aliphatic rings. The number of rotatable bonds is 7. The van der Waals surface area contributed by atoms with E-state index in [9.17, 15) is 13.2 Å². The minimum absolute atomic E-state index is 0.200. The molecule has 6 heteroatoms. The predicted octanol–water partition coefficient (Wildman–Crippen LogP) is 3.43. The maximum Gasteiger partial charge on any atom is 0.261 e. The van der Waals surface area contributed by atoms with Gasteiger partial charge in [0.15, 0.2) is 15.9 Å². The van der Waals surface area contributed by atoms with E-state index in [4.69, 9.17) is 4.74 Å². The van der Waals surface area contributed by atoms with Crippen molar-refractivity contribution in [3.05, 3.63) is 59.7 Å². The van der Waals surface area contributed by atoms with Crippen LogP contribution in [0.4, 0.5) is 0 Å². The van der Waals surface area contributed by atoms with E-state index in [1.54, 1.807) is 24.3 Å². The Morgan fingerprint density at radius 1 is 1.15 bits per heavy atom. The molecule has 0 spiro atoms. The summed E-state index contributed by atoms with van der Waals surface area (Å²) in [5, 5.41) is 2.93. The Labute approximate surface area is 155 Å². The maximum atomic E-state index is 12.5. The van der Waals surface area contributed by atoms with Crippen molar-refractivity contribution in [3.8, 4) is 5.75 Å². The van der Waals surface area contributed by atoms with Crippen LogP contribution in [0, 0.1) is 6.92 Å². The number of aryl methyl sites for hydroxylation is 1. The number of sulfone groups is 1. The van der Waals surface area contributed by atoms with E-state index >= 15 is 0 Å². The molecule has 26 heavy (non-hydrogen) atoms. The van der Waals surface area contributed by atoms with Gasteiger partial charge in [-0.3, -0.25) is 4.79 Å². The highest BCUT2D eigenvalue weighted by molar-refractivity contribution is 7.90. The molecule has 0 unspecified atom stereocenters. The minimum atomic E-state index is -3.23. The first kappa shape index (κ1) is 20.0. The standard InChI is InChI=1S/C20H25NO4S/c1-5-19(25-17-8-6-7-14(2)13-17)20(22)21-15(3)16-9-11-18(12-10-16)26(4,23)24/h6-13,15,19H,5H2,1-4H3,(H,21,22)/t15-,19+/m0/s1. The zero-order valence-electron chi connectivity index (χ0n) is 15.5. The molecule has 0 saturated heterocycles. The van der Waals surface area contributed by atoms with Crippen molar-refractivity contribution in [2.45, 2.75) is 44.2 Å². The van der Waals surface area contributed by atoms with Gasteiger partial charge in [-0.2, -0.15) is 0 Å². The molecule has 0 fully saturated rings. The van der Waals surface area contributed by atoms with Crippen LogP contribution in [0.5, 0.6) is 5.75 Å². The van der Waals surface area contributed by atoms with Crippen molar-refractivity contribution in [1.82, 2.24) is 5.32 Å². The van der Waals surface area contributed by atoms with Crippen LogP contribution in [0.1, 0.15) is 37.4 Å². The number of hydrogen-bond donors (Lipinski definition) is 1. The lowest BCUT2D eigenvalue weighted by Gasteiger charge is -2.21. The SMILES string of the molecule is CC[C@@H](Oc1cccc(C)c1)C(=O)N[C@@H](C)c1ccc(S(C)(=O)=O)cc1. The topological polar surface area (TPSA) is 72.5 Å². The summed E-state index contributed by atoms with van der Waals surface area (Å²) < 4.78 is 28.9. The molecular weight excluding hydrogens is 350 g/mol. The van der Waals surface area contributed by atoms with E-state index in [-0.39, 0.29) is 16.8 Å². The van der Waals surface area contributed by atoms with E-state index in [0.717, 1.165) is 11.1 Å². The molecule has 5 nitrogen and oxygen atoms in total. The molecule has 0 bridgehead atoms. The van der Waals surface area contributed by atoms with E-state index in [1.165, 1.54) is 6.26 Å². The van der Waals surface area contributed by atoms with Crippen LogP contribution in [-0.4, -0.2) is 26.7 Å². The number of carbonyl (C=O) groups is 1. The van der Waals surface area contributed by atoms with Gasteiger partial charge in [-0.05, 0) is 55.7 Å². The third kappa shape index (κ3) is 5.33. The first-order valence-electron chi connectivity index (χ1n) is 8.54. The summed E-state index contributed by atoms with van der Waals surface area (Å²) in [5.41, 5.74) is 1.90. The highest BCUT2D eigenvalue weighted by Crippen LogP contribution is 2.18. The van der Waals surface area contributed by atoms with Gasteiger partial charge in [0.05, 0.1) is 10.9 Å². The Bertz CT molecular complexity index is 860. The number of carbonyl (C=O) groups excluding carboxylic acids is 1. The highest BCUT2D eigenvalue weighted by atomic mass is 32.2. The summed E-state index contributed by atoms with van der Waals surface area (Å²) in [6.07, 6.45) is 1.12. The van der Waals surface area contributed by atoms with Crippen molar-refractivity contribution in [2.24, 2.45) is 0 Å². The molecule has 0 saturated carbocycles. The Balaban J connectivity index is 2.04. The van der Waals surface area contributed by atoms with Crippen molar-refractivity contribution < 1.29 is 17.9 Å². The number of amides is 1. The van der Waals surface area contributed by atoms with Gasteiger partial charge in [-0.1, -0.05) is 31.2 Å². The van der Waals surface area contributed by atoms with Crippen LogP contribution in [-0.2, 0) is 14.6 Å². The Morgan fingerprint density at radius 2 is 1.81 bits per heavy atom. The lowest BCUT2D eigenvalue weighted by atomic mass is 10.1. The van der Waals surface area contributed by atoms with Crippen LogP contribution in [0.2, 0.25) is 0 Å². The summed E-state index contributed by atoms with van der Waals surface area (Å²) >= 11 is 0. The molecule has 0 heterocycles. The van der Waals surface area contributed by atoms with E-state index in [1.807, 2.05) is 45.0 Å². The fraction of sp³-hybridized carbons (Fsp3) is 0.350. The van der Waals surface area contributed by atoms with Crippen LogP contribution < -0.4 is 10.1 Å². The van der Waals surface area contributed by atoms with Gasteiger partial charge in [0.1, 0.15) is 5.75 Å². The highest BCUT2D eigenvalue weighted by Gasteiger charge is 2.21. The second kappa shape index (κ2) is 8.36. The molecule has 2 aromatic rings. The summed E-state index contributed by atoms with van der Waals surface area (Å²) in [6.45, 7) is 5.72. The van der Waals surface area contributed by atoms with Gasteiger partial charge >= 0.3 is 0 Å². The molecule has 2 atom stereocenters. The van der Waals surface area contributed by atoms with Gasteiger partial charge < -0.3 is 10.1 Å². The van der Waals surface area contributed by atoms with Gasteiger partial charge in [-0.15, -0.1) is 0 Å². The molecule has 2 rings (SSSR count). The molecule has 0 aliphatic carbocycles. The maximum absolute atomic E-state index is 12.5. The van der Waals surface area contributed by atoms with Crippen molar-refractivity contribution in [2.75, 3.05) is 6.26 Å². The molecular formula is C20H25NO4S. The van der Waals surface area contributed by atoms with Crippen LogP contribution >= 0.6 is 0 Å². The average Bonchev–Trinajstić information content (AvgIpc) is 2.59. The molecule has 0 aromatic heterocycles. The second-order valence-electron chi connectivity index (χ2n) is 6.40. The zero-order chi connectivity index (χ0) is 19.3. The summed E-state index contributed by atoms with van der Waals surface area (Å²) in [4.78, 5) is 12.8. The minimum Gasteiger partial charge on any atom is -0.481 e. The second-order valence-corrected chi connectivity index (χ2v) is 8.42. The van der Waals surface area contributed by atoms with Crippen LogP contribution in [0.15, 0.2) is 53.4 Å². The smallest absolute Gasteiger partial charge is 0.261 e. The van der Waals surface area contributed by atoms with Crippen molar-refractivity contribution in [1.29, 1.82) is 0 Å². The molecule has 0 radical (unpaired) electrons. The molecule has 2 aromatic carbocycles. The fourth-order valence-corrected chi connectivity index (χ4v) is 3.20. The zero-order valence-corrected chi connectivity index (χ0v) is 16.3. The summed E-state index contributed by atoms with van der Waals surface area (Å²) in [5.74, 6) is 0.464.